The first-order valence-electron chi connectivity index (χ1n) is 5.39. The van der Waals surface area contributed by atoms with Gasteiger partial charge < -0.3 is 4.57 Å². The third-order valence-corrected chi connectivity index (χ3v) is 3.28. The van der Waals surface area contributed by atoms with E-state index in [0.29, 0.717) is 10.8 Å². The van der Waals surface area contributed by atoms with Crippen molar-refractivity contribution in [2.45, 2.75) is 26.8 Å². The van der Waals surface area contributed by atoms with Crippen molar-refractivity contribution in [1.82, 2.24) is 14.5 Å². The molecule has 5 heteroatoms. The molecule has 1 rings (SSSR count). The van der Waals surface area contributed by atoms with E-state index in [-0.39, 0.29) is 6.04 Å². The van der Waals surface area contributed by atoms with Gasteiger partial charge in [0.15, 0.2) is 0 Å². The van der Waals surface area contributed by atoms with E-state index in [1.165, 1.54) is 0 Å². The summed E-state index contributed by atoms with van der Waals surface area (Å²) >= 11 is 6.17. The molecule has 0 amide bonds. The Morgan fingerprint density at radius 3 is 2.38 bits per heavy atom. The molecule has 0 radical (unpaired) electrons. The first-order chi connectivity index (χ1) is 7.56. The molecule has 0 aromatic carbocycles. The van der Waals surface area contributed by atoms with Crippen LogP contribution < -0.4 is 0 Å². The number of imidazole rings is 1. The van der Waals surface area contributed by atoms with Gasteiger partial charge >= 0.3 is 0 Å². The highest BCUT2D eigenvalue weighted by Gasteiger charge is 2.24. The highest BCUT2D eigenvalue weighted by Crippen LogP contribution is 2.26. The standard InChI is InChI=1S/C11H17ClN4/c1-5-16(6-2)9(7-13)10-11(12)15(4)8(3)14-10/h9H,5-6H2,1-4H3. The second-order valence-corrected chi connectivity index (χ2v) is 4.00. The maximum absolute atomic E-state index is 9.24. The fourth-order valence-electron chi connectivity index (χ4n) is 1.69. The average Bonchev–Trinajstić information content (AvgIpc) is 2.53. The van der Waals surface area contributed by atoms with E-state index in [9.17, 15) is 5.26 Å². The molecule has 0 aliphatic rings. The van der Waals surface area contributed by atoms with Crippen LogP contribution in [0.1, 0.15) is 31.4 Å². The first kappa shape index (κ1) is 13.0. The highest BCUT2D eigenvalue weighted by atomic mass is 35.5. The number of hydrogen-bond acceptors (Lipinski definition) is 3. The molecule has 0 saturated heterocycles. The van der Waals surface area contributed by atoms with E-state index >= 15 is 0 Å². The Labute approximate surface area is 101 Å². The van der Waals surface area contributed by atoms with Crippen LogP contribution in [0.4, 0.5) is 0 Å². The van der Waals surface area contributed by atoms with Gasteiger partial charge in [0.05, 0.1) is 6.07 Å². The lowest BCUT2D eigenvalue weighted by molar-refractivity contribution is 0.259. The first-order valence-corrected chi connectivity index (χ1v) is 5.76. The van der Waals surface area contributed by atoms with Crippen molar-refractivity contribution in [2.75, 3.05) is 13.1 Å². The van der Waals surface area contributed by atoms with Gasteiger partial charge in [-0.15, -0.1) is 0 Å². The van der Waals surface area contributed by atoms with E-state index in [0.717, 1.165) is 18.9 Å². The number of aromatic nitrogens is 2. The quantitative estimate of drug-likeness (QED) is 0.811. The molecule has 1 unspecified atom stereocenters. The fourth-order valence-corrected chi connectivity index (χ4v) is 1.96. The monoisotopic (exact) mass is 240 g/mol. The molecule has 1 heterocycles. The summed E-state index contributed by atoms with van der Waals surface area (Å²) in [6.45, 7) is 7.54. The lowest BCUT2D eigenvalue weighted by atomic mass is 10.2. The van der Waals surface area contributed by atoms with E-state index in [2.05, 4.69) is 11.1 Å². The zero-order valence-corrected chi connectivity index (χ0v) is 10.9. The summed E-state index contributed by atoms with van der Waals surface area (Å²) in [6, 6.07) is 1.91. The Balaban J connectivity index is 3.14. The molecule has 4 nitrogen and oxygen atoms in total. The molecule has 16 heavy (non-hydrogen) atoms. The van der Waals surface area contributed by atoms with Crippen LogP contribution in [-0.2, 0) is 7.05 Å². The number of aryl methyl sites for hydroxylation is 1. The SMILES string of the molecule is CCN(CC)C(C#N)c1nc(C)n(C)c1Cl. The predicted molar refractivity (Wildman–Crippen MR) is 64.2 cm³/mol. The predicted octanol–water partition coefficient (Wildman–Crippen LogP) is 2.29. The lowest BCUT2D eigenvalue weighted by Gasteiger charge is -2.22. The molecule has 88 valence electrons. The summed E-state index contributed by atoms with van der Waals surface area (Å²) in [4.78, 5) is 6.40. The second kappa shape index (κ2) is 5.33. The molecule has 0 fully saturated rings. The third-order valence-electron chi connectivity index (χ3n) is 2.83. The Morgan fingerprint density at radius 2 is 2.06 bits per heavy atom. The van der Waals surface area contributed by atoms with Gasteiger partial charge in [-0.05, 0) is 20.0 Å². The number of halogens is 1. The van der Waals surface area contributed by atoms with Crippen molar-refractivity contribution >= 4 is 11.6 Å². The van der Waals surface area contributed by atoms with Gasteiger partial charge in [-0.1, -0.05) is 25.4 Å². The maximum Gasteiger partial charge on any atom is 0.144 e. The maximum atomic E-state index is 9.24. The molecule has 0 saturated carbocycles. The molecule has 0 bridgehead atoms. The summed E-state index contributed by atoms with van der Waals surface area (Å²) in [5, 5.41) is 9.79. The fraction of sp³-hybridized carbons (Fsp3) is 0.636. The van der Waals surface area contributed by atoms with Crippen LogP contribution >= 0.6 is 11.6 Å². The molecule has 0 aliphatic carbocycles. The van der Waals surface area contributed by atoms with Crippen molar-refractivity contribution in [3.05, 3.63) is 16.7 Å². The summed E-state index contributed by atoms with van der Waals surface area (Å²) in [5.74, 6) is 0.826. The van der Waals surface area contributed by atoms with Gasteiger partial charge in [-0.3, -0.25) is 4.90 Å². The Morgan fingerprint density at radius 1 is 1.50 bits per heavy atom. The summed E-state index contributed by atoms with van der Waals surface area (Å²) in [5.41, 5.74) is 0.660. The highest BCUT2D eigenvalue weighted by molar-refractivity contribution is 6.30. The van der Waals surface area contributed by atoms with E-state index in [1.807, 2.05) is 32.7 Å². The smallest absolute Gasteiger partial charge is 0.144 e. The Kier molecular flexibility index (Phi) is 4.34. The van der Waals surface area contributed by atoms with Gasteiger partial charge in [0, 0.05) is 7.05 Å². The largest absolute Gasteiger partial charge is 0.322 e. The van der Waals surface area contributed by atoms with Crippen LogP contribution in [0.2, 0.25) is 5.15 Å². The van der Waals surface area contributed by atoms with Crippen LogP contribution in [0.5, 0.6) is 0 Å². The summed E-state index contributed by atoms with van der Waals surface area (Å²) in [6.07, 6.45) is 0. The molecule has 1 aromatic rings. The minimum atomic E-state index is -0.359. The van der Waals surface area contributed by atoms with E-state index < -0.39 is 0 Å². The minimum absolute atomic E-state index is 0.359. The van der Waals surface area contributed by atoms with Gasteiger partial charge in [0.1, 0.15) is 22.7 Å². The Bertz CT molecular complexity index is 401. The Hall–Kier alpha value is -1.05. The van der Waals surface area contributed by atoms with Gasteiger partial charge in [-0.2, -0.15) is 5.26 Å². The number of nitrogens with zero attached hydrogens (tertiary/aromatic N) is 4. The summed E-state index contributed by atoms with van der Waals surface area (Å²) in [7, 11) is 1.85. The number of hydrogen-bond donors (Lipinski definition) is 0. The molecule has 0 N–H and O–H groups in total. The molecular formula is C11H17ClN4. The molecular weight excluding hydrogens is 224 g/mol. The van der Waals surface area contributed by atoms with Gasteiger partial charge in [0.25, 0.3) is 0 Å². The summed E-state index contributed by atoms with van der Waals surface area (Å²) < 4.78 is 1.80. The molecule has 1 atom stereocenters. The normalized spacial score (nSPS) is 12.8. The van der Waals surface area contributed by atoms with E-state index in [1.54, 1.807) is 4.57 Å². The van der Waals surface area contributed by atoms with Crippen molar-refractivity contribution in [3.63, 3.8) is 0 Å². The van der Waals surface area contributed by atoms with E-state index in [4.69, 9.17) is 11.6 Å². The zero-order valence-electron chi connectivity index (χ0n) is 10.2. The van der Waals surface area contributed by atoms with Crippen LogP contribution in [0.15, 0.2) is 0 Å². The van der Waals surface area contributed by atoms with Crippen LogP contribution in [0.25, 0.3) is 0 Å². The average molecular weight is 241 g/mol. The van der Waals surface area contributed by atoms with Crippen molar-refractivity contribution in [3.8, 4) is 6.07 Å². The molecule has 0 spiro atoms. The van der Waals surface area contributed by atoms with Gasteiger partial charge in [-0.25, -0.2) is 4.98 Å². The second-order valence-electron chi connectivity index (χ2n) is 3.65. The van der Waals surface area contributed by atoms with Crippen molar-refractivity contribution < 1.29 is 0 Å². The number of rotatable bonds is 4. The minimum Gasteiger partial charge on any atom is -0.322 e. The zero-order chi connectivity index (χ0) is 12.3. The molecule has 1 aromatic heterocycles. The van der Waals surface area contributed by atoms with Crippen LogP contribution in [0.3, 0.4) is 0 Å². The van der Waals surface area contributed by atoms with Crippen molar-refractivity contribution in [2.24, 2.45) is 7.05 Å². The third kappa shape index (κ3) is 2.21. The lowest BCUT2D eigenvalue weighted by Crippen LogP contribution is -2.28. The van der Waals surface area contributed by atoms with Crippen LogP contribution in [-0.4, -0.2) is 27.5 Å². The van der Waals surface area contributed by atoms with Crippen molar-refractivity contribution in [1.29, 1.82) is 5.26 Å². The number of nitriles is 1. The van der Waals surface area contributed by atoms with Crippen LogP contribution in [0, 0.1) is 18.3 Å². The topological polar surface area (TPSA) is 44.9 Å². The van der Waals surface area contributed by atoms with Gasteiger partial charge in [0.2, 0.25) is 0 Å². The molecule has 0 aliphatic heterocycles.